The lowest BCUT2D eigenvalue weighted by molar-refractivity contribution is 0.316. The molecule has 3 aromatic heterocycles. The van der Waals surface area contributed by atoms with E-state index >= 15 is 0 Å². The van der Waals surface area contributed by atoms with Gasteiger partial charge in [-0.2, -0.15) is 5.10 Å². The Bertz CT molecular complexity index is 1150. The number of aromatic nitrogens is 4. The lowest BCUT2D eigenvalue weighted by Crippen LogP contribution is -2.24. The summed E-state index contributed by atoms with van der Waals surface area (Å²) in [5.74, 6) is 0. The van der Waals surface area contributed by atoms with E-state index in [1.54, 1.807) is 0 Å². The van der Waals surface area contributed by atoms with Crippen LogP contribution >= 0.6 is 0 Å². The van der Waals surface area contributed by atoms with Gasteiger partial charge in [-0.3, -0.25) is 9.48 Å². The number of rotatable bonds is 5. The minimum atomic E-state index is -0.0779. The summed E-state index contributed by atoms with van der Waals surface area (Å²) in [6.45, 7) is 4.42. The van der Waals surface area contributed by atoms with E-state index < -0.39 is 0 Å². The number of aromatic amines is 1. The summed E-state index contributed by atoms with van der Waals surface area (Å²) in [5, 5.41) is 4.51. The summed E-state index contributed by atoms with van der Waals surface area (Å²) in [6, 6.07) is 11.9. The first-order valence-electron chi connectivity index (χ1n) is 9.82. The first-order valence-corrected chi connectivity index (χ1v) is 9.82. The molecule has 28 heavy (non-hydrogen) atoms. The Labute approximate surface area is 163 Å². The highest BCUT2D eigenvalue weighted by Gasteiger charge is 2.11. The van der Waals surface area contributed by atoms with Gasteiger partial charge >= 0.3 is 0 Å². The summed E-state index contributed by atoms with van der Waals surface area (Å²) in [4.78, 5) is 17.7. The molecular formula is C22H23N5O. The average molecular weight is 373 g/mol. The van der Waals surface area contributed by atoms with Crippen molar-refractivity contribution in [3.8, 4) is 22.4 Å². The van der Waals surface area contributed by atoms with Crippen molar-refractivity contribution < 1.29 is 0 Å². The van der Waals surface area contributed by atoms with Crippen molar-refractivity contribution in [3.63, 3.8) is 0 Å². The van der Waals surface area contributed by atoms with E-state index in [0.29, 0.717) is 5.52 Å². The summed E-state index contributed by atoms with van der Waals surface area (Å²) >= 11 is 0. The number of fused-ring (bicyclic) bond motifs is 1. The maximum Gasteiger partial charge on any atom is 0.272 e. The van der Waals surface area contributed by atoms with Crippen molar-refractivity contribution >= 4 is 5.52 Å². The Hall–Kier alpha value is -3.12. The Morgan fingerprint density at radius 3 is 2.54 bits per heavy atom. The number of likely N-dealkylation sites (tertiary alicyclic amines) is 1. The molecule has 1 N–H and O–H groups in total. The van der Waals surface area contributed by atoms with Crippen LogP contribution in [0.2, 0.25) is 0 Å². The number of hydrogen-bond acceptors (Lipinski definition) is 3. The Balaban J connectivity index is 1.34. The SMILES string of the molecule is O=c1[nH]c(-c2ccc(-c3cnn(CCN4CCCC4)c3)cc2)cn2cccc12. The van der Waals surface area contributed by atoms with Gasteiger partial charge in [0.05, 0.1) is 18.4 Å². The van der Waals surface area contributed by atoms with Crippen molar-refractivity contribution in [2.24, 2.45) is 0 Å². The summed E-state index contributed by atoms with van der Waals surface area (Å²) < 4.78 is 3.88. The summed E-state index contributed by atoms with van der Waals surface area (Å²) in [6.07, 6.45) is 10.5. The number of nitrogens with zero attached hydrogens (tertiary/aromatic N) is 4. The molecule has 142 valence electrons. The second kappa shape index (κ2) is 7.13. The Morgan fingerprint density at radius 1 is 0.929 bits per heavy atom. The zero-order chi connectivity index (χ0) is 18.9. The van der Waals surface area contributed by atoms with Gasteiger partial charge in [-0.05, 0) is 49.2 Å². The standard InChI is InChI=1S/C22H23N5O/c28-22-21-4-3-11-26(21)16-20(24-22)18-7-5-17(6-8-18)19-14-23-27(15-19)13-12-25-9-1-2-10-25/h3-8,11,14-16H,1-2,9-10,12-13H2,(H,24,28). The predicted molar refractivity (Wildman–Crippen MR) is 110 cm³/mol. The fourth-order valence-corrected chi connectivity index (χ4v) is 3.93. The van der Waals surface area contributed by atoms with Crippen molar-refractivity contribution in [1.29, 1.82) is 0 Å². The van der Waals surface area contributed by atoms with E-state index in [0.717, 1.165) is 35.5 Å². The normalized spacial score (nSPS) is 14.9. The molecule has 1 aliphatic rings. The number of hydrogen-bond donors (Lipinski definition) is 1. The fraction of sp³-hybridized carbons (Fsp3) is 0.273. The zero-order valence-corrected chi connectivity index (χ0v) is 15.7. The molecule has 0 radical (unpaired) electrons. The van der Waals surface area contributed by atoms with Crippen molar-refractivity contribution in [2.75, 3.05) is 19.6 Å². The summed E-state index contributed by atoms with van der Waals surface area (Å²) in [5.41, 5.74) is 4.61. The largest absolute Gasteiger partial charge is 0.319 e. The maximum absolute atomic E-state index is 12.2. The molecule has 1 saturated heterocycles. The Kier molecular flexibility index (Phi) is 4.33. The monoisotopic (exact) mass is 373 g/mol. The van der Waals surface area contributed by atoms with Crippen molar-refractivity contribution in [2.45, 2.75) is 19.4 Å². The number of nitrogens with one attached hydrogen (secondary N) is 1. The number of benzene rings is 1. The highest BCUT2D eigenvalue weighted by Crippen LogP contribution is 2.23. The van der Waals surface area contributed by atoms with E-state index in [2.05, 4.69) is 33.3 Å². The zero-order valence-electron chi connectivity index (χ0n) is 15.7. The van der Waals surface area contributed by atoms with E-state index in [-0.39, 0.29) is 5.56 Å². The highest BCUT2D eigenvalue weighted by atomic mass is 16.1. The van der Waals surface area contributed by atoms with Gasteiger partial charge in [0, 0.05) is 30.7 Å². The predicted octanol–water partition coefficient (Wildman–Crippen LogP) is 3.25. The molecule has 0 aliphatic carbocycles. The first-order chi connectivity index (χ1) is 13.8. The fourth-order valence-electron chi connectivity index (χ4n) is 3.93. The molecule has 6 heteroatoms. The molecule has 5 rings (SSSR count). The van der Waals surface area contributed by atoms with Gasteiger partial charge in [0.2, 0.25) is 0 Å². The topological polar surface area (TPSA) is 58.3 Å². The molecule has 4 heterocycles. The van der Waals surface area contributed by atoms with Crippen LogP contribution in [0.5, 0.6) is 0 Å². The lowest BCUT2D eigenvalue weighted by Gasteiger charge is -2.13. The van der Waals surface area contributed by atoms with Crippen LogP contribution < -0.4 is 5.56 Å². The smallest absolute Gasteiger partial charge is 0.272 e. The van der Waals surface area contributed by atoms with Crippen LogP contribution in [-0.4, -0.2) is 43.7 Å². The van der Waals surface area contributed by atoms with Gasteiger partial charge < -0.3 is 14.3 Å². The molecule has 1 aromatic carbocycles. The third-order valence-electron chi connectivity index (χ3n) is 5.53. The molecule has 0 atom stereocenters. The van der Waals surface area contributed by atoms with Crippen LogP contribution in [0.4, 0.5) is 0 Å². The van der Waals surface area contributed by atoms with E-state index in [1.807, 2.05) is 51.9 Å². The minimum absolute atomic E-state index is 0.0779. The maximum atomic E-state index is 12.2. The first kappa shape index (κ1) is 17.0. The van der Waals surface area contributed by atoms with Crippen LogP contribution in [0.1, 0.15) is 12.8 Å². The third kappa shape index (κ3) is 3.27. The van der Waals surface area contributed by atoms with E-state index in [1.165, 1.54) is 25.9 Å². The number of H-pyrrole nitrogens is 1. The van der Waals surface area contributed by atoms with Gasteiger partial charge in [0.1, 0.15) is 5.52 Å². The van der Waals surface area contributed by atoms with Crippen LogP contribution in [-0.2, 0) is 6.54 Å². The second-order valence-corrected chi connectivity index (χ2v) is 7.42. The van der Waals surface area contributed by atoms with Gasteiger partial charge in [-0.1, -0.05) is 24.3 Å². The molecule has 0 saturated carbocycles. The average Bonchev–Trinajstić information content (AvgIpc) is 3.47. The molecule has 0 bridgehead atoms. The molecule has 1 aliphatic heterocycles. The molecule has 0 unspecified atom stereocenters. The van der Waals surface area contributed by atoms with Crippen LogP contribution in [0.15, 0.2) is 66.0 Å². The van der Waals surface area contributed by atoms with Crippen LogP contribution in [0, 0.1) is 0 Å². The molecular weight excluding hydrogens is 350 g/mol. The second-order valence-electron chi connectivity index (χ2n) is 7.42. The van der Waals surface area contributed by atoms with Gasteiger partial charge in [0.25, 0.3) is 5.56 Å². The van der Waals surface area contributed by atoms with E-state index in [4.69, 9.17) is 0 Å². The third-order valence-corrected chi connectivity index (χ3v) is 5.53. The quantitative estimate of drug-likeness (QED) is 0.584. The molecule has 1 fully saturated rings. The molecule has 6 nitrogen and oxygen atoms in total. The molecule has 0 amide bonds. The van der Waals surface area contributed by atoms with Crippen molar-refractivity contribution in [3.05, 3.63) is 71.5 Å². The summed E-state index contributed by atoms with van der Waals surface area (Å²) in [7, 11) is 0. The van der Waals surface area contributed by atoms with Crippen LogP contribution in [0.25, 0.3) is 27.9 Å². The minimum Gasteiger partial charge on any atom is -0.319 e. The van der Waals surface area contributed by atoms with Gasteiger partial charge in [0.15, 0.2) is 0 Å². The molecule has 4 aromatic rings. The lowest BCUT2D eigenvalue weighted by atomic mass is 10.1. The van der Waals surface area contributed by atoms with Gasteiger partial charge in [-0.15, -0.1) is 0 Å². The molecule has 0 spiro atoms. The van der Waals surface area contributed by atoms with Gasteiger partial charge in [-0.25, -0.2) is 0 Å². The highest BCUT2D eigenvalue weighted by molar-refractivity contribution is 5.68. The Morgan fingerprint density at radius 2 is 1.71 bits per heavy atom. The van der Waals surface area contributed by atoms with E-state index in [9.17, 15) is 4.79 Å². The van der Waals surface area contributed by atoms with Crippen molar-refractivity contribution in [1.82, 2.24) is 24.1 Å². The van der Waals surface area contributed by atoms with Crippen LogP contribution in [0.3, 0.4) is 0 Å².